The number of hydrogen-bond acceptors (Lipinski definition) is 2. The number of allylic oxidation sites excluding steroid dienone is 5. The molecule has 0 aromatic rings. The maximum Gasteiger partial charge on any atom is 0.110 e. The molecule has 0 amide bonds. The van der Waals surface area contributed by atoms with Crippen LogP contribution >= 0.6 is 0 Å². The van der Waals surface area contributed by atoms with E-state index in [1.807, 2.05) is 12.2 Å². The van der Waals surface area contributed by atoms with Gasteiger partial charge in [0.15, 0.2) is 0 Å². The second-order valence-corrected chi connectivity index (χ2v) is 6.55. The molecule has 0 atom stereocenters. The summed E-state index contributed by atoms with van der Waals surface area (Å²) in [7, 11) is 0. The standard InChI is InChI=1S/C15H23NO/c1-14(2,3)9-6-12-7-10-15(4,5)11-8-13(12)16-17/h7-8,10-11H,6,9H2,1-5H3. The minimum atomic E-state index is -0.000573. The van der Waals surface area contributed by atoms with Crippen molar-refractivity contribution < 1.29 is 0 Å². The van der Waals surface area contributed by atoms with Gasteiger partial charge in [-0.1, -0.05) is 52.8 Å². The fourth-order valence-electron chi connectivity index (χ4n) is 1.67. The fraction of sp³-hybridized carbons (Fsp3) is 0.600. The first kappa shape index (κ1) is 13.9. The summed E-state index contributed by atoms with van der Waals surface area (Å²) in [5, 5.41) is 3.15. The lowest BCUT2D eigenvalue weighted by Crippen LogP contribution is -2.05. The van der Waals surface area contributed by atoms with Crippen molar-refractivity contribution in [3.8, 4) is 0 Å². The van der Waals surface area contributed by atoms with Crippen LogP contribution in [0.3, 0.4) is 0 Å². The molecule has 94 valence electrons. The molecule has 17 heavy (non-hydrogen) atoms. The van der Waals surface area contributed by atoms with Crippen molar-refractivity contribution in [3.05, 3.63) is 40.5 Å². The van der Waals surface area contributed by atoms with Crippen molar-refractivity contribution in [1.29, 1.82) is 0 Å². The molecule has 1 rings (SSSR count). The Labute approximate surface area is 104 Å². The van der Waals surface area contributed by atoms with Crippen LogP contribution in [0, 0.1) is 15.7 Å². The molecule has 0 aromatic carbocycles. The molecule has 1 aliphatic carbocycles. The molecule has 0 spiro atoms. The lowest BCUT2D eigenvalue weighted by Gasteiger charge is -2.18. The summed E-state index contributed by atoms with van der Waals surface area (Å²) in [5.41, 5.74) is 1.91. The smallest absolute Gasteiger partial charge is 0.110 e. The van der Waals surface area contributed by atoms with Gasteiger partial charge in [0.2, 0.25) is 0 Å². The second-order valence-electron chi connectivity index (χ2n) is 6.55. The summed E-state index contributed by atoms with van der Waals surface area (Å²) in [6, 6.07) is 0. The molecule has 0 saturated carbocycles. The summed E-state index contributed by atoms with van der Waals surface area (Å²) >= 11 is 0. The van der Waals surface area contributed by atoms with Gasteiger partial charge in [-0.3, -0.25) is 0 Å². The molecule has 1 aliphatic rings. The van der Waals surface area contributed by atoms with Crippen molar-refractivity contribution >= 4 is 0 Å². The maximum atomic E-state index is 10.9. The highest BCUT2D eigenvalue weighted by Gasteiger charge is 2.16. The first-order chi connectivity index (χ1) is 7.73. The Morgan fingerprint density at radius 3 is 2.29 bits per heavy atom. The summed E-state index contributed by atoms with van der Waals surface area (Å²) in [5.74, 6) is 0. The van der Waals surface area contributed by atoms with Crippen LogP contribution in [0.4, 0.5) is 0 Å². The van der Waals surface area contributed by atoms with Gasteiger partial charge in [0.05, 0.1) is 0 Å². The number of hydrogen-bond donors (Lipinski definition) is 0. The molecule has 0 N–H and O–H groups in total. The van der Waals surface area contributed by atoms with Gasteiger partial charge in [0.25, 0.3) is 0 Å². The lowest BCUT2D eigenvalue weighted by molar-refractivity contribution is 0.378. The minimum Gasteiger partial charge on any atom is -0.145 e. The second kappa shape index (κ2) is 4.99. The van der Waals surface area contributed by atoms with Crippen LogP contribution in [0.2, 0.25) is 0 Å². The molecule has 0 saturated heterocycles. The molecule has 0 unspecified atom stereocenters. The highest BCUT2D eigenvalue weighted by Crippen LogP contribution is 2.30. The summed E-state index contributed by atoms with van der Waals surface area (Å²) < 4.78 is 0. The monoisotopic (exact) mass is 233 g/mol. The van der Waals surface area contributed by atoms with E-state index in [9.17, 15) is 4.91 Å². The average Bonchev–Trinajstić information content (AvgIpc) is 2.33. The van der Waals surface area contributed by atoms with Gasteiger partial charge < -0.3 is 0 Å². The Morgan fingerprint density at radius 2 is 1.76 bits per heavy atom. The third kappa shape index (κ3) is 4.68. The van der Waals surface area contributed by atoms with Crippen LogP contribution < -0.4 is 0 Å². The van der Waals surface area contributed by atoms with E-state index in [1.165, 1.54) is 0 Å². The van der Waals surface area contributed by atoms with Crippen molar-refractivity contribution in [1.82, 2.24) is 0 Å². The highest BCUT2D eigenvalue weighted by molar-refractivity contribution is 5.37. The highest BCUT2D eigenvalue weighted by atomic mass is 16.3. The van der Waals surface area contributed by atoms with Crippen LogP contribution in [0.15, 0.2) is 40.8 Å². The van der Waals surface area contributed by atoms with Crippen molar-refractivity contribution in [2.75, 3.05) is 0 Å². The van der Waals surface area contributed by atoms with Gasteiger partial charge in [-0.05, 0) is 35.1 Å². The van der Waals surface area contributed by atoms with Crippen molar-refractivity contribution in [2.24, 2.45) is 16.0 Å². The number of rotatable bonds is 3. The molecule has 0 heterocycles. The van der Waals surface area contributed by atoms with Crippen molar-refractivity contribution in [3.63, 3.8) is 0 Å². The molecule has 0 fully saturated rings. The van der Waals surface area contributed by atoms with Gasteiger partial charge in [-0.15, -0.1) is 4.91 Å². The van der Waals surface area contributed by atoms with Gasteiger partial charge in [-0.25, -0.2) is 0 Å². The summed E-state index contributed by atoms with van der Waals surface area (Å²) in [6.45, 7) is 10.9. The van der Waals surface area contributed by atoms with Crippen LogP contribution in [-0.4, -0.2) is 0 Å². The molecular formula is C15H23NO. The Morgan fingerprint density at radius 1 is 1.18 bits per heavy atom. The predicted octanol–water partition coefficient (Wildman–Crippen LogP) is 4.99. The Kier molecular flexibility index (Phi) is 4.07. The SMILES string of the molecule is CC1(C)C=CC(CCC(C)(C)C)=C(N=O)C=C1. The van der Waals surface area contributed by atoms with Gasteiger partial charge in [0, 0.05) is 5.41 Å². The zero-order valence-corrected chi connectivity index (χ0v) is 11.6. The minimum absolute atomic E-state index is 0.000573. The molecule has 0 bridgehead atoms. The van der Waals surface area contributed by atoms with Crippen LogP contribution in [0.25, 0.3) is 0 Å². The third-order valence-electron chi connectivity index (χ3n) is 2.96. The Balaban J connectivity index is 2.90. The maximum absolute atomic E-state index is 10.9. The first-order valence-electron chi connectivity index (χ1n) is 6.18. The number of nitroso groups, excluding NO2 is 1. The molecular weight excluding hydrogens is 210 g/mol. The summed E-state index contributed by atoms with van der Waals surface area (Å²) in [6.07, 6.45) is 10.0. The van der Waals surface area contributed by atoms with E-state index in [1.54, 1.807) is 0 Å². The average molecular weight is 233 g/mol. The normalized spacial score (nSPS) is 19.4. The van der Waals surface area contributed by atoms with E-state index in [4.69, 9.17) is 0 Å². The van der Waals surface area contributed by atoms with Crippen molar-refractivity contribution in [2.45, 2.75) is 47.5 Å². The predicted molar refractivity (Wildman–Crippen MR) is 73.6 cm³/mol. The number of nitrogens with zero attached hydrogens (tertiary/aromatic N) is 1. The van der Waals surface area contributed by atoms with Gasteiger partial charge in [0.1, 0.15) is 5.70 Å². The third-order valence-corrected chi connectivity index (χ3v) is 2.96. The van der Waals surface area contributed by atoms with E-state index in [0.29, 0.717) is 5.70 Å². The molecule has 0 aliphatic heterocycles. The Hall–Kier alpha value is -1.18. The fourth-order valence-corrected chi connectivity index (χ4v) is 1.67. The first-order valence-corrected chi connectivity index (χ1v) is 6.18. The van der Waals surface area contributed by atoms with E-state index in [0.717, 1.165) is 18.4 Å². The van der Waals surface area contributed by atoms with E-state index < -0.39 is 0 Å². The molecule has 0 radical (unpaired) electrons. The molecule has 2 heteroatoms. The summed E-state index contributed by atoms with van der Waals surface area (Å²) in [4.78, 5) is 10.9. The van der Waals surface area contributed by atoms with E-state index in [-0.39, 0.29) is 10.8 Å². The zero-order valence-electron chi connectivity index (χ0n) is 11.6. The lowest BCUT2D eigenvalue weighted by atomic mass is 9.88. The van der Waals surface area contributed by atoms with Crippen LogP contribution in [-0.2, 0) is 0 Å². The molecule has 2 nitrogen and oxygen atoms in total. The quantitative estimate of drug-likeness (QED) is 0.632. The Bertz CT molecular complexity index is 378. The van der Waals surface area contributed by atoms with Gasteiger partial charge in [-0.2, -0.15) is 0 Å². The largest absolute Gasteiger partial charge is 0.145 e. The molecule has 0 aromatic heterocycles. The van der Waals surface area contributed by atoms with E-state index >= 15 is 0 Å². The topological polar surface area (TPSA) is 29.4 Å². The van der Waals surface area contributed by atoms with Gasteiger partial charge >= 0.3 is 0 Å². The van der Waals surface area contributed by atoms with Crippen LogP contribution in [0.5, 0.6) is 0 Å². The zero-order chi connectivity index (χ0) is 13.1. The van der Waals surface area contributed by atoms with E-state index in [2.05, 4.69) is 51.9 Å². The van der Waals surface area contributed by atoms with Crippen LogP contribution in [0.1, 0.15) is 47.5 Å².